The maximum atomic E-state index is 6.04. The molecule has 0 spiro atoms. The summed E-state index contributed by atoms with van der Waals surface area (Å²) in [5.74, 6) is 0.912. The molecule has 23 heavy (non-hydrogen) atoms. The number of unbranched alkanes of at least 4 members (excludes halogenated alkanes) is 1. The number of pyridine rings is 1. The van der Waals surface area contributed by atoms with E-state index in [9.17, 15) is 0 Å². The quantitative estimate of drug-likeness (QED) is 0.508. The Balaban J connectivity index is 1.98. The zero-order valence-electron chi connectivity index (χ0n) is 12.8. The van der Waals surface area contributed by atoms with Gasteiger partial charge in [0.2, 0.25) is 5.95 Å². The van der Waals surface area contributed by atoms with Crippen LogP contribution in [0.1, 0.15) is 25.3 Å². The van der Waals surface area contributed by atoms with E-state index in [2.05, 4.69) is 48.1 Å². The Morgan fingerprint density at radius 3 is 2.74 bits per heavy atom. The van der Waals surface area contributed by atoms with Crippen molar-refractivity contribution in [2.24, 2.45) is 0 Å². The van der Waals surface area contributed by atoms with Crippen LogP contribution in [0.4, 0.5) is 11.8 Å². The number of aromatic nitrogens is 5. The number of rotatable bonds is 6. The van der Waals surface area contributed by atoms with Crippen LogP contribution in [-0.4, -0.2) is 31.0 Å². The molecular formula is C15H18BrN7. The molecule has 0 unspecified atom stereocenters. The number of imidazole rings is 1. The largest absolute Gasteiger partial charge is 0.382 e. The van der Waals surface area contributed by atoms with Crippen molar-refractivity contribution in [1.29, 1.82) is 0 Å². The molecule has 0 bridgehead atoms. The monoisotopic (exact) mass is 375 g/mol. The van der Waals surface area contributed by atoms with Gasteiger partial charge in [0, 0.05) is 18.9 Å². The second-order valence-corrected chi connectivity index (χ2v) is 5.92. The van der Waals surface area contributed by atoms with E-state index in [4.69, 9.17) is 5.73 Å². The number of nitrogens with two attached hydrogens (primary N) is 1. The third-order valence-corrected chi connectivity index (χ3v) is 4.08. The highest BCUT2D eigenvalue weighted by Crippen LogP contribution is 2.24. The van der Waals surface area contributed by atoms with E-state index in [0.29, 0.717) is 34.2 Å². The summed E-state index contributed by atoms with van der Waals surface area (Å²) in [7, 11) is 0. The Hall–Kier alpha value is -2.22. The van der Waals surface area contributed by atoms with Crippen molar-refractivity contribution in [2.45, 2.75) is 26.3 Å². The first-order chi connectivity index (χ1) is 11.2. The summed E-state index contributed by atoms with van der Waals surface area (Å²) < 4.78 is 2.64. The van der Waals surface area contributed by atoms with Gasteiger partial charge in [-0.2, -0.15) is 9.97 Å². The zero-order valence-corrected chi connectivity index (χ0v) is 14.4. The zero-order chi connectivity index (χ0) is 16.2. The molecule has 3 aromatic heterocycles. The summed E-state index contributed by atoms with van der Waals surface area (Å²) in [5, 5.41) is 3.21. The highest BCUT2D eigenvalue weighted by molar-refractivity contribution is 9.10. The fourth-order valence-corrected chi connectivity index (χ4v) is 2.73. The highest BCUT2D eigenvalue weighted by atomic mass is 79.9. The SMILES string of the molecule is CCCCNc1nc(N)c2nc(Br)n(Cc3ccncc3)c2n1. The minimum atomic E-state index is 0.378. The summed E-state index contributed by atoms with van der Waals surface area (Å²) in [6.07, 6.45) is 5.70. The molecule has 8 heteroatoms. The number of hydrogen-bond acceptors (Lipinski definition) is 6. The van der Waals surface area contributed by atoms with Gasteiger partial charge in [-0.3, -0.25) is 9.55 Å². The molecule has 0 aliphatic carbocycles. The molecule has 0 saturated carbocycles. The smallest absolute Gasteiger partial charge is 0.226 e. The normalized spacial score (nSPS) is 11.0. The van der Waals surface area contributed by atoms with Gasteiger partial charge < -0.3 is 11.1 Å². The fourth-order valence-electron chi connectivity index (χ4n) is 2.26. The van der Waals surface area contributed by atoms with Crippen molar-refractivity contribution in [3.8, 4) is 0 Å². The van der Waals surface area contributed by atoms with Gasteiger partial charge in [-0.15, -0.1) is 0 Å². The van der Waals surface area contributed by atoms with E-state index in [-0.39, 0.29) is 0 Å². The van der Waals surface area contributed by atoms with Crippen molar-refractivity contribution < 1.29 is 0 Å². The molecule has 0 aliphatic heterocycles. The second kappa shape index (κ2) is 6.91. The lowest BCUT2D eigenvalue weighted by atomic mass is 10.3. The van der Waals surface area contributed by atoms with Crippen molar-refractivity contribution in [1.82, 2.24) is 24.5 Å². The van der Waals surface area contributed by atoms with Gasteiger partial charge in [0.15, 0.2) is 21.7 Å². The minimum Gasteiger partial charge on any atom is -0.382 e. The van der Waals surface area contributed by atoms with E-state index in [0.717, 1.165) is 24.9 Å². The number of halogens is 1. The maximum absolute atomic E-state index is 6.04. The molecule has 3 heterocycles. The first-order valence-corrected chi connectivity index (χ1v) is 8.30. The third kappa shape index (κ3) is 3.42. The molecule has 0 amide bonds. The molecule has 0 fully saturated rings. The van der Waals surface area contributed by atoms with Gasteiger partial charge in [0.1, 0.15) is 0 Å². The Labute approximate surface area is 142 Å². The summed E-state index contributed by atoms with van der Waals surface area (Å²) in [6.45, 7) is 3.59. The Bertz CT molecular complexity index is 800. The molecular weight excluding hydrogens is 358 g/mol. The van der Waals surface area contributed by atoms with E-state index in [1.165, 1.54) is 0 Å². The Morgan fingerprint density at radius 2 is 2.00 bits per heavy atom. The van der Waals surface area contributed by atoms with Crippen molar-refractivity contribution in [2.75, 3.05) is 17.6 Å². The van der Waals surface area contributed by atoms with Gasteiger partial charge in [-0.05, 0) is 40.0 Å². The average Bonchev–Trinajstić information content (AvgIpc) is 2.86. The lowest BCUT2D eigenvalue weighted by Gasteiger charge is -2.08. The summed E-state index contributed by atoms with van der Waals surface area (Å²) in [6, 6.07) is 3.92. The van der Waals surface area contributed by atoms with Crippen LogP contribution >= 0.6 is 15.9 Å². The van der Waals surface area contributed by atoms with Crippen LogP contribution in [0.3, 0.4) is 0 Å². The lowest BCUT2D eigenvalue weighted by molar-refractivity contribution is 0.787. The number of nitrogens with one attached hydrogen (secondary N) is 1. The summed E-state index contributed by atoms with van der Waals surface area (Å²) in [5.41, 5.74) is 8.46. The molecule has 0 aromatic carbocycles. The molecule has 0 radical (unpaired) electrons. The lowest BCUT2D eigenvalue weighted by Crippen LogP contribution is -2.08. The molecule has 0 saturated heterocycles. The van der Waals surface area contributed by atoms with E-state index in [1.807, 2.05) is 16.7 Å². The summed E-state index contributed by atoms with van der Waals surface area (Å²) in [4.78, 5) is 17.3. The highest BCUT2D eigenvalue weighted by Gasteiger charge is 2.15. The van der Waals surface area contributed by atoms with Gasteiger partial charge in [0.25, 0.3) is 0 Å². The fraction of sp³-hybridized carbons (Fsp3) is 0.333. The van der Waals surface area contributed by atoms with Crippen LogP contribution in [0.2, 0.25) is 0 Å². The number of nitrogen functional groups attached to an aromatic ring is 1. The molecule has 3 rings (SSSR count). The van der Waals surface area contributed by atoms with Crippen LogP contribution in [0.15, 0.2) is 29.3 Å². The van der Waals surface area contributed by atoms with Crippen molar-refractivity contribution in [3.63, 3.8) is 0 Å². The maximum Gasteiger partial charge on any atom is 0.226 e. The van der Waals surface area contributed by atoms with E-state index in [1.54, 1.807) is 12.4 Å². The second-order valence-electron chi connectivity index (χ2n) is 5.21. The van der Waals surface area contributed by atoms with E-state index >= 15 is 0 Å². The molecule has 3 N–H and O–H groups in total. The first-order valence-electron chi connectivity index (χ1n) is 7.51. The van der Waals surface area contributed by atoms with Gasteiger partial charge in [-0.1, -0.05) is 13.3 Å². The van der Waals surface area contributed by atoms with Gasteiger partial charge in [0.05, 0.1) is 6.54 Å². The van der Waals surface area contributed by atoms with Crippen LogP contribution in [-0.2, 0) is 6.54 Å². The number of hydrogen-bond donors (Lipinski definition) is 2. The number of fused-ring (bicyclic) bond motifs is 1. The molecule has 0 atom stereocenters. The van der Waals surface area contributed by atoms with Crippen LogP contribution < -0.4 is 11.1 Å². The Morgan fingerprint density at radius 1 is 1.22 bits per heavy atom. The molecule has 0 aliphatic rings. The van der Waals surface area contributed by atoms with Crippen LogP contribution in [0.5, 0.6) is 0 Å². The number of nitrogens with zero attached hydrogens (tertiary/aromatic N) is 5. The van der Waals surface area contributed by atoms with Crippen LogP contribution in [0, 0.1) is 0 Å². The Kier molecular flexibility index (Phi) is 4.71. The number of anilines is 2. The van der Waals surface area contributed by atoms with Crippen LogP contribution in [0.25, 0.3) is 11.2 Å². The summed E-state index contributed by atoms with van der Waals surface area (Å²) >= 11 is 3.48. The molecule has 3 aromatic rings. The first kappa shape index (κ1) is 15.7. The minimum absolute atomic E-state index is 0.378. The average molecular weight is 376 g/mol. The van der Waals surface area contributed by atoms with Crippen molar-refractivity contribution >= 4 is 38.9 Å². The predicted molar refractivity (Wildman–Crippen MR) is 94.2 cm³/mol. The topological polar surface area (TPSA) is 94.5 Å². The standard InChI is InChI=1S/C15H18BrN7/c1-2-3-6-19-15-21-12(17)11-13(22-15)23(14(16)20-11)9-10-4-7-18-8-5-10/h4-5,7-8H,2-3,6,9H2,1H3,(H3,17,19,21,22). The van der Waals surface area contributed by atoms with Crippen molar-refractivity contribution in [3.05, 3.63) is 34.8 Å². The predicted octanol–water partition coefficient (Wildman–Crippen LogP) is 2.83. The molecule has 120 valence electrons. The molecule has 7 nitrogen and oxygen atoms in total. The third-order valence-electron chi connectivity index (χ3n) is 3.48. The van der Waals surface area contributed by atoms with Gasteiger partial charge >= 0.3 is 0 Å². The van der Waals surface area contributed by atoms with E-state index < -0.39 is 0 Å². The van der Waals surface area contributed by atoms with Gasteiger partial charge in [-0.25, -0.2) is 4.98 Å².